The molecule has 0 spiro atoms. The van der Waals surface area contributed by atoms with Crippen LogP contribution in [-0.4, -0.2) is 16.1 Å². The number of nitrogens with zero attached hydrogens (tertiary/aromatic N) is 3. The average molecular weight is 385 g/mol. The summed E-state index contributed by atoms with van der Waals surface area (Å²) < 4.78 is 0. The van der Waals surface area contributed by atoms with E-state index in [-0.39, 0.29) is 5.69 Å². The maximum Gasteiger partial charge on any atom is 0.287 e. The molecule has 0 unspecified atom stereocenters. The third-order valence-electron chi connectivity index (χ3n) is 3.28. The monoisotopic (exact) mass is 384 g/mol. The molecule has 0 radical (unpaired) electrons. The van der Waals surface area contributed by atoms with Gasteiger partial charge in [-0.15, -0.1) is 0 Å². The Kier molecular flexibility index (Phi) is 5.83. The van der Waals surface area contributed by atoms with Crippen molar-refractivity contribution >= 4 is 41.1 Å². The minimum Gasteiger partial charge on any atom is -0.261 e. The van der Waals surface area contributed by atoms with Gasteiger partial charge in [0.05, 0.1) is 11.1 Å². The molecule has 0 saturated heterocycles. The van der Waals surface area contributed by atoms with Crippen molar-refractivity contribution in [1.82, 2.24) is 4.98 Å². The molecule has 6 nitrogen and oxygen atoms in total. The summed E-state index contributed by atoms with van der Waals surface area (Å²) in [4.78, 5) is 16.2. The second-order valence-electron chi connectivity index (χ2n) is 5.15. The van der Waals surface area contributed by atoms with E-state index in [1.807, 2.05) is 48.5 Å². The number of nitrogens with one attached hydrogen (secondary N) is 1. The second kappa shape index (κ2) is 8.46. The highest BCUT2D eigenvalue weighted by Crippen LogP contribution is 2.28. The van der Waals surface area contributed by atoms with Gasteiger partial charge in [0, 0.05) is 20.9 Å². The van der Waals surface area contributed by atoms with Crippen LogP contribution in [0.15, 0.2) is 81.8 Å². The molecule has 0 saturated carbocycles. The van der Waals surface area contributed by atoms with Crippen molar-refractivity contribution in [3.8, 4) is 0 Å². The standard InChI is InChI=1S/C18H13ClN4O2S/c19-14-3-8-17(9-4-14)26-16-6-1-13(2-7-16)11-21-22-18-10-5-15(12-20-18)23(24)25/h1-12H,(H,20,22)/b21-11-. The van der Waals surface area contributed by atoms with E-state index in [0.717, 1.165) is 20.4 Å². The van der Waals surface area contributed by atoms with Gasteiger partial charge < -0.3 is 0 Å². The van der Waals surface area contributed by atoms with E-state index in [9.17, 15) is 10.1 Å². The van der Waals surface area contributed by atoms with E-state index in [2.05, 4.69) is 15.5 Å². The molecule has 26 heavy (non-hydrogen) atoms. The number of pyridine rings is 1. The van der Waals surface area contributed by atoms with Crippen molar-refractivity contribution in [2.45, 2.75) is 9.79 Å². The molecule has 130 valence electrons. The number of nitro groups is 1. The lowest BCUT2D eigenvalue weighted by molar-refractivity contribution is -0.385. The van der Waals surface area contributed by atoms with Crippen LogP contribution in [0.25, 0.3) is 0 Å². The molecule has 2 aromatic carbocycles. The van der Waals surface area contributed by atoms with Crippen molar-refractivity contribution in [1.29, 1.82) is 0 Å². The Balaban J connectivity index is 1.57. The van der Waals surface area contributed by atoms with Crippen LogP contribution in [0.3, 0.4) is 0 Å². The van der Waals surface area contributed by atoms with E-state index < -0.39 is 4.92 Å². The highest BCUT2D eigenvalue weighted by atomic mass is 35.5. The first-order valence-electron chi connectivity index (χ1n) is 7.53. The number of rotatable bonds is 6. The van der Waals surface area contributed by atoms with E-state index in [1.165, 1.54) is 18.3 Å². The maximum atomic E-state index is 10.6. The summed E-state index contributed by atoms with van der Waals surface area (Å²) >= 11 is 7.53. The highest BCUT2D eigenvalue weighted by molar-refractivity contribution is 7.99. The Morgan fingerprint density at radius 1 is 1.04 bits per heavy atom. The van der Waals surface area contributed by atoms with Crippen LogP contribution in [0.5, 0.6) is 0 Å². The number of anilines is 1. The van der Waals surface area contributed by atoms with E-state index in [0.29, 0.717) is 5.82 Å². The number of halogens is 1. The van der Waals surface area contributed by atoms with E-state index in [4.69, 9.17) is 11.6 Å². The average Bonchev–Trinajstić information content (AvgIpc) is 2.65. The highest BCUT2D eigenvalue weighted by Gasteiger charge is 2.04. The number of hydrogen-bond donors (Lipinski definition) is 1. The van der Waals surface area contributed by atoms with Crippen molar-refractivity contribution in [3.05, 3.63) is 87.6 Å². The molecule has 0 amide bonds. The second-order valence-corrected chi connectivity index (χ2v) is 6.74. The lowest BCUT2D eigenvalue weighted by Crippen LogP contribution is -1.95. The third-order valence-corrected chi connectivity index (χ3v) is 4.55. The first kappa shape index (κ1) is 17.9. The molecule has 1 aromatic heterocycles. The molecule has 1 N–H and O–H groups in total. The van der Waals surface area contributed by atoms with Gasteiger partial charge >= 0.3 is 0 Å². The molecule has 8 heteroatoms. The Labute approximate surface area is 159 Å². The van der Waals surface area contributed by atoms with Crippen LogP contribution in [0.2, 0.25) is 5.02 Å². The van der Waals surface area contributed by atoms with Gasteiger partial charge in [-0.1, -0.05) is 35.5 Å². The van der Waals surface area contributed by atoms with Gasteiger partial charge in [-0.05, 0) is 48.0 Å². The van der Waals surface area contributed by atoms with Gasteiger partial charge in [0.25, 0.3) is 5.69 Å². The normalized spacial score (nSPS) is 10.8. The lowest BCUT2D eigenvalue weighted by atomic mass is 10.2. The van der Waals surface area contributed by atoms with Gasteiger partial charge in [0.2, 0.25) is 0 Å². The Morgan fingerprint density at radius 3 is 2.27 bits per heavy atom. The van der Waals surface area contributed by atoms with Crippen LogP contribution < -0.4 is 5.43 Å². The van der Waals surface area contributed by atoms with Crippen molar-refractivity contribution in [2.24, 2.45) is 5.10 Å². The summed E-state index contributed by atoms with van der Waals surface area (Å²) in [7, 11) is 0. The number of hydrogen-bond acceptors (Lipinski definition) is 6. The van der Waals surface area contributed by atoms with Gasteiger partial charge in [-0.25, -0.2) is 4.98 Å². The predicted octanol–water partition coefficient (Wildman–Crippen LogP) is 5.24. The van der Waals surface area contributed by atoms with Crippen molar-refractivity contribution < 1.29 is 4.92 Å². The smallest absolute Gasteiger partial charge is 0.261 e. The maximum absolute atomic E-state index is 10.6. The van der Waals surface area contributed by atoms with E-state index in [1.54, 1.807) is 18.0 Å². The zero-order valence-corrected chi connectivity index (χ0v) is 14.9. The fraction of sp³-hybridized carbons (Fsp3) is 0. The molecule has 0 fully saturated rings. The molecule has 0 aliphatic carbocycles. The van der Waals surface area contributed by atoms with Crippen molar-refractivity contribution in [2.75, 3.05) is 5.43 Å². The summed E-state index contributed by atoms with van der Waals surface area (Å²) in [5.41, 5.74) is 3.59. The van der Waals surface area contributed by atoms with Crippen LogP contribution >= 0.6 is 23.4 Å². The summed E-state index contributed by atoms with van der Waals surface area (Å²) in [5.74, 6) is 0.432. The molecular weight excluding hydrogens is 372 g/mol. The molecule has 3 aromatic rings. The molecule has 0 aliphatic heterocycles. The van der Waals surface area contributed by atoms with Crippen LogP contribution in [-0.2, 0) is 0 Å². The lowest BCUT2D eigenvalue weighted by Gasteiger charge is -2.02. The molecule has 0 atom stereocenters. The molecule has 3 rings (SSSR count). The minimum atomic E-state index is -0.496. The fourth-order valence-electron chi connectivity index (χ4n) is 1.99. The third kappa shape index (κ3) is 5.05. The van der Waals surface area contributed by atoms with Crippen LogP contribution in [0, 0.1) is 10.1 Å². The number of aromatic nitrogens is 1. The van der Waals surface area contributed by atoms with Crippen LogP contribution in [0.1, 0.15) is 5.56 Å². The zero-order valence-electron chi connectivity index (χ0n) is 13.4. The van der Waals surface area contributed by atoms with Gasteiger partial charge in [0.1, 0.15) is 12.0 Å². The topological polar surface area (TPSA) is 80.4 Å². The Bertz CT molecular complexity index is 913. The predicted molar refractivity (Wildman–Crippen MR) is 104 cm³/mol. The minimum absolute atomic E-state index is 0.0618. The van der Waals surface area contributed by atoms with Gasteiger partial charge in [-0.3, -0.25) is 15.5 Å². The molecule has 0 aliphatic rings. The van der Waals surface area contributed by atoms with Crippen molar-refractivity contribution in [3.63, 3.8) is 0 Å². The zero-order chi connectivity index (χ0) is 18.4. The van der Waals surface area contributed by atoms with Crippen LogP contribution in [0.4, 0.5) is 11.5 Å². The van der Waals surface area contributed by atoms with E-state index >= 15 is 0 Å². The molecule has 1 heterocycles. The van der Waals surface area contributed by atoms with Gasteiger partial charge in [0.15, 0.2) is 0 Å². The SMILES string of the molecule is O=[N+]([O-])c1ccc(N/N=C\c2ccc(Sc3ccc(Cl)cc3)cc2)nc1. The summed E-state index contributed by atoms with van der Waals surface area (Å²) in [6.07, 6.45) is 2.83. The fourth-order valence-corrected chi connectivity index (χ4v) is 2.94. The molecule has 0 bridgehead atoms. The Hall–Kier alpha value is -2.90. The number of benzene rings is 2. The molecular formula is C18H13ClN4O2S. The first-order valence-corrected chi connectivity index (χ1v) is 8.72. The summed E-state index contributed by atoms with van der Waals surface area (Å²) in [6, 6.07) is 18.5. The largest absolute Gasteiger partial charge is 0.287 e. The first-order chi connectivity index (χ1) is 12.6. The Morgan fingerprint density at radius 2 is 1.69 bits per heavy atom. The number of hydrazone groups is 1. The van der Waals surface area contributed by atoms with Gasteiger partial charge in [-0.2, -0.15) is 5.10 Å². The summed E-state index contributed by atoms with van der Waals surface area (Å²) in [6.45, 7) is 0. The summed E-state index contributed by atoms with van der Waals surface area (Å²) in [5, 5.41) is 15.4. The quantitative estimate of drug-likeness (QED) is 0.357.